The van der Waals surface area contributed by atoms with Gasteiger partial charge in [0.2, 0.25) is 11.7 Å². The fourth-order valence-corrected chi connectivity index (χ4v) is 2.83. The van der Waals surface area contributed by atoms with E-state index < -0.39 is 12.1 Å². The van der Waals surface area contributed by atoms with Gasteiger partial charge in [-0.15, -0.1) is 0 Å². The molecule has 1 aliphatic heterocycles. The summed E-state index contributed by atoms with van der Waals surface area (Å²) in [7, 11) is 0. The van der Waals surface area contributed by atoms with Gasteiger partial charge in [0.15, 0.2) is 17.6 Å². The number of carbonyl (C=O) groups excluding carboxylic acids is 3. The Morgan fingerprint density at radius 2 is 1.65 bits per heavy atom. The van der Waals surface area contributed by atoms with Crippen molar-refractivity contribution >= 4 is 29.4 Å². The monoisotopic (exact) mass is 423 g/mol. The molecule has 0 saturated carbocycles. The van der Waals surface area contributed by atoms with Crippen molar-refractivity contribution in [1.82, 2.24) is 0 Å². The summed E-state index contributed by atoms with van der Waals surface area (Å²) in [5, 5.41) is 2.76. The number of ether oxygens (including phenoxy) is 3. The molecular weight excluding hydrogens is 398 g/mol. The Hall–Kier alpha value is -3.61. The normalized spacial score (nSPS) is 13.7. The molecule has 0 aromatic heterocycles. The van der Waals surface area contributed by atoms with Crippen LogP contribution in [0.2, 0.25) is 0 Å². The number of ketones is 1. The summed E-state index contributed by atoms with van der Waals surface area (Å²) in [5.74, 6) is 0.0832. The van der Waals surface area contributed by atoms with E-state index in [4.69, 9.17) is 14.2 Å². The topological polar surface area (TPSA) is 90.9 Å². The molecule has 31 heavy (non-hydrogen) atoms. The van der Waals surface area contributed by atoms with Gasteiger partial charge in [-0.05, 0) is 55.0 Å². The van der Waals surface area contributed by atoms with Crippen LogP contribution in [0.1, 0.15) is 36.7 Å². The summed E-state index contributed by atoms with van der Waals surface area (Å²) in [6.45, 7) is 6.10. The third-order valence-electron chi connectivity index (χ3n) is 4.60. The van der Waals surface area contributed by atoms with Crippen LogP contribution in [0.3, 0.4) is 0 Å². The molecule has 0 radical (unpaired) electrons. The predicted octanol–water partition coefficient (Wildman–Crippen LogP) is 3.88. The number of esters is 1. The molecule has 2 aromatic carbocycles. The highest BCUT2D eigenvalue weighted by atomic mass is 16.6. The van der Waals surface area contributed by atoms with Crippen molar-refractivity contribution < 1.29 is 28.6 Å². The van der Waals surface area contributed by atoms with Gasteiger partial charge in [0.1, 0.15) is 13.2 Å². The van der Waals surface area contributed by atoms with Crippen molar-refractivity contribution in [2.45, 2.75) is 26.9 Å². The zero-order valence-corrected chi connectivity index (χ0v) is 17.7. The number of anilines is 1. The van der Waals surface area contributed by atoms with Gasteiger partial charge in [-0.1, -0.05) is 19.9 Å². The van der Waals surface area contributed by atoms with Crippen LogP contribution in [-0.2, 0) is 14.3 Å². The standard InChI is InChI=1S/C24H25NO6/c1-15(2)24(28)25-19-8-6-18(7-9-19)23(27)16(3)31-22(26)11-5-17-4-10-20-21(14-17)30-13-12-29-20/h4-11,14-16H,12-13H2,1-3H3,(H,25,28)/b11-5+/t16-/m1/s1. The molecule has 1 aliphatic rings. The van der Waals surface area contributed by atoms with Crippen LogP contribution in [0.15, 0.2) is 48.5 Å². The number of nitrogens with one attached hydrogen (secondary N) is 1. The fourth-order valence-electron chi connectivity index (χ4n) is 2.83. The lowest BCUT2D eigenvalue weighted by atomic mass is 10.1. The van der Waals surface area contributed by atoms with Crippen molar-refractivity contribution in [3.8, 4) is 11.5 Å². The summed E-state index contributed by atoms with van der Waals surface area (Å²) in [6.07, 6.45) is 1.90. The van der Waals surface area contributed by atoms with Gasteiger partial charge in [-0.3, -0.25) is 9.59 Å². The van der Waals surface area contributed by atoms with Gasteiger partial charge in [-0.25, -0.2) is 4.79 Å². The van der Waals surface area contributed by atoms with Gasteiger partial charge in [0, 0.05) is 23.2 Å². The molecule has 1 atom stereocenters. The van der Waals surface area contributed by atoms with Crippen LogP contribution >= 0.6 is 0 Å². The lowest BCUT2D eigenvalue weighted by Crippen LogP contribution is -2.23. The Morgan fingerprint density at radius 3 is 2.32 bits per heavy atom. The number of rotatable bonds is 7. The molecule has 3 rings (SSSR count). The first-order valence-corrected chi connectivity index (χ1v) is 10.1. The Morgan fingerprint density at radius 1 is 0.968 bits per heavy atom. The number of amides is 1. The molecule has 1 heterocycles. The van der Waals surface area contributed by atoms with E-state index in [2.05, 4.69) is 5.32 Å². The molecule has 1 amide bonds. The summed E-state index contributed by atoms with van der Waals surface area (Å²) >= 11 is 0. The average Bonchev–Trinajstić information content (AvgIpc) is 2.77. The largest absolute Gasteiger partial charge is 0.486 e. The van der Waals surface area contributed by atoms with Crippen LogP contribution in [0.5, 0.6) is 11.5 Å². The second kappa shape index (κ2) is 9.93. The van der Waals surface area contributed by atoms with Crippen molar-refractivity contribution in [1.29, 1.82) is 0 Å². The molecule has 7 nitrogen and oxygen atoms in total. The first-order valence-electron chi connectivity index (χ1n) is 10.1. The highest BCUT2D eigenvalue weighted by Gasteiger charge is 2.19. The van der Waals surface area contributed by atoms with Gasteiger partial charge in [0.05, 0.1) is 0 Å². The van der Waals surface area contributed by atoms with Gasteiger partial charge in [0.25, 0.3) is 0 Å². The first-order chi connectivity index (χ1) is 14.8. The zero-order valence-electron chi connectivity index (χ0n) is 17.7. The molecule has 162 valence electrons. The van der Waals surface area contributed by atoms with Crippen molar-refractivity contribution in [2.24, 2.45) is 5.92 Å². The number of hydrogen-bond donors (Lipinski definition) is 1. The molecule has 0 fully saturated rings. The van der Waals surface area contributed by atoms with E-state index in [0.29, 0.717) is 36.0 Å². The Balaban J connectivity index is 1.56. The van der Waals surface area contributed by atoms with Crippen LogP contribution < -0.4 is 14.8 Å². The second-order valence-electron chi connectivity index (χ2n) is 7.40. The molecule has 0 bridgehead atoms. The van der Waals surface area contributed by atoms with Crippen LogP contribution in [0.25, 0.3) is 6.08 Å². The zero-order chi connectivity index (χ0) is 22.4. The molecule has 0 saturated heterocycles. The van der Waals surface area contributed by atoms with Gasteiger partial charge < -0.3 is 19.5 Å². The van der Waals surface area contributed by atoms with Crippen molar-refractivity contribution in [3.05, 3.63) is 59.7 Å². The van der Waals surface area contributed by atoms with E-state index in [1.807, 2.05) is 0 Å². The summed E-state index contributed by atoms with van der Waals surface area (Å²) < 4.78 is 16.2. The maximum Gasteiger partial charge on any atom is 0.331 e. The van der Waals surface area contributed by atoms with Gasteiger partial charge >= 0.3 is 5.97 Å². The smallest absolute Gasteiger partial charge is 0.331 e. The van der Waals surface area contributed by atoms with Crippen LogP contribution in [0.4, 0.5) is 5.69 Å². The molecule has 7 heteroatoms. The molecular formula is C24H25NO6. The number of fused-ring (bicyclic) bond motifs is 1. The molecule has 0 aliphatic carbocycles. The van der Waals surface area contributed by atoms with Crippen LogP contribution in [0, 0.1) is 5.92 Å². The van der Waals surface area contributed by atoms with Crippen molar-refractivity contribution in [2.75, 3.05) is 18.5 Å². The summed E-state index contributed by atoms with van der Waals surface area (Å²) in [6, 6.07) is 11.8. The number of hydrogen-bond acceptors (Lipinski definition) is 6. The minimum Gasteiger partial charge on any atom is -0.486 e. The third-order valence-corrected chi connectivity index (χ3v) is 4.60. The lowest BCUT2D eigenvalue weighted by molar-refractivity contribution is -0.140. The van der Waals surface area contributed by atoms with E-state index in [1.165, 1.54) is 13.0 Å². The van der Waals surface area contributed by atoms with E-state index in [9.17, 15) is 14.4 Å². The highest BCUT2D eigenvalue weighted by Crippen LogP contribution is 2.31. The number of Topliss-reactive ketones (excluding diaryl/α,β-unsaturated/α-hetero) is 1. The van der Waals surface area contributed by atoms with E-state index in [0.717, 1.165) is 5.56 Å². The predicted molar refractivity (Wildman–Crippen MR) is 116 cm³/mol. The fraction of sp³-hybridized carbons (Fsp3) is 0.292. The number of benzene rings is 2. The maximum absolute atomic E-state index is 12.5. The Labute approximate surface area is 181 Å². The van der Waals surface area contributed by atoms with E-state index in [1.54, 1.807) is 62.4 Å². The molecule has 2 aromatic rings. The highest BCUT2D eigenvalue weighted by molar-refractivity contribution is 6.01. The lowest BCUT2D eigenvalue weighted by Gasteiger charge is -2.18. The van der Waals surface area contributed by atoms with Crippen molar-refractivity contribution in [3.63, 3.8) is 0 Å². The molecule has 0 unspecified atom stereocenters. The van der Waals surface area contributed by atoms with Gasteiger partial charge in [-0.2, -0.15) is 0 Å². The van der Waals surface area contributed by atoms with E-state index in [-0.39, 0.29) is 17.6 Å². The quantitative estimate of drug-likeness (QED) is 0.413. The minimum absolute atomic E-state index is 0.105. The minimum atomic E-state index is -0.950. The van der Waals surface area contributed by atoms with E-state index >= 15 is 0 Å². The summed E-state index contributed by atoms with van der Waals surface area (Å²) in [4.78, 5) is 36.4. The molecule has 1 N–H and O–H groups in total. The second-order valence-corrected chi connectivity index (χ2v) is 7.40. The summed E-state index contributed by atoms with van der Waals surface area (Å²) in [5.41, 5.74) is 1.74. The van der Waals surface area contributed by atoms with Crippen LogP contribution in [-0.4, -0.2) is 37.0 Å². The molecule has 0 spiro atoms. The maximum atomic E-state index is 12.5. The average molecular weight is 423 g/mol. The first kappa shape index (κ1) is 22.1. The number of carbonyl (C=O) groups is 3. The third kappa shape index (κ3) is 5.94. The Kier molecular flexibility index (Phi) is 7.07. The Bertz CT molecular complexity index is 994. The SMILES string of the molecule is CC(C)C(=O)Nc1ccc(C(=O)[C@@H](C)OC(=O)/C=C/c2ccc3c(c2)OCCO3)cc1.